The Kier molecular flexibility index (Phi) is 7.96. The number of aromatic amines is 1. The molecule has 8 heteroatoms. The fraction of sp³-hybridized carbons (Fsp3) is 0.500. The quantitative estimate of drug-likeness (QED) is 0.319. The van der Waals surface area contributed by atoms with Crippen molar-refractivity contribution in [1.29, 1.82) is 0 Å². The number of amides is 1. The second-order valence-corrected chi connectivity index (χ2v) is 10.5. The summed E-state index contributed by atoms with van der Waals surface area (Å²) < 4.78 is 29.0. The van der Waals surface area contributed by atoms with E-state index in [0.29, 0.717) is 24.3 Å². The minimum atomic E-state index is -0.695. The van der Waals surface area contributed by atoms with Gasteiger partial charge in [0.15, 0.2) is 0 Å². The predicted molar refractivity (Wildman–Crippen MR) is 139 cm³/mol. The first-order valence-electron chi connectivity index (χ1n) is 12.3. The molecule has 2 atom stereocenters. The Labute approximate surface area is 212 Å². The Bertz CT molecular complexity index is 1170. The number of hydrogen-bond acceptors (Lipinski definition) is 4. The average molecular weight is 498 g/mol. The molecule has 0 unspecified atom stereocenters. The second-order valence-electron chi connectivity index (χ2n) is 10.5. The average Bonchev–Trinajstić information content (AvgIpc) is 3.26. The number of nitrogens with zero attached hydrogens (tertiary/aromatic N) is 4. The van der Waals surface area contributed by atoms with E-state index < -0.39 is 11.6 Å². The van der Waals surface area contributed by atoms with E-state index in [4.69, 9.17) is 0 Å². The fourth-order valence-electron chi connectivity index (χ4n) is 5.55. The van der Waals surface area contributed by atoms with Gasteiger partial charge in [0.25, 0.3) is 5.91 Å². The minimum absolute atomic E-state index is 0.0267. The summed E-state index contributed by atoms with van der Waals surface area (Å²) >= 11 is 0. The lowest BCUT2D eigenvalue weighted by Crippen LogP contribution is -2.46. The van der Waals surface area contributed by atoms with Crippen LogP contribution in [0.15, 0.2) is 46.7 Å². The third-order valence-electron chi connectivity index (χ3n) is 8.16. The van der Waals surface area contributed by atoms with E-state index in [0.717, 1.165) is 24.1 Å². The van der Waals surface area contributed by atoms with Crippen LogP contribution in [0.2, 0.25) is 0 Å². The molecule has 2 aromatic rings. The van der Waals surface area contributed by atoms with E-state index >= 15 is 0 Å². The number of H-pyrrole nitrogens is 1. The van der Waals surface area contributed by atoms with Crippen molar-refractivity contribution in [2.45, 2.75) is 54.4 Å². The number of carbonyl (C=O) groups is 1. The Morgan fingerprint density at radius 2 is 1.89 bits per heavy atom. The van der Waals surface area contributed by atoms with Crippen LogP contribution in [0.3, 0.4) is 0 Å². The van der Waals surface area contributed by atoms with Gasteiger partial charge in [0.2, 0.25) is 0 Å². The van der Waals surface area contributed by atoms with Crippen molar-refractivity contribution in [1.82, 2.24) is 15.1 Å². The molecule has 1 aromatic heterocycles. The van der Waals surface area contributed by atoms with Gasteiger partial charge in [0, 0.05) is 25.8 Å². The van der Waals surface area contributed by atoms with Crippen molar-refractivity contribution in [3.63, 3.8) is 0 Å². The molecule has 1 aromatic carbocycles. The first-order chi connectivity index (χ1) is 16.9. The highest BCUT2D eigenvalue weighted by molar-refractivity contribution is 5.96. The summed E-state index contributed by atoms with van der Waals surface area (Å²) in [4.78, 5) is 15.3. The summed E-state index contributed by atoms with van der Waals surface area (Å²) in [6.45, 7) is 17.7. The number of benzene rings is 1. The highest BCUT2D eigenvalue weighted by Crippen LogP contribution is 2.58. The first kappa shape index (κ1) is 27.4. The fourth-order valence-corrected chi connectivity index (χ4v) is 5.55. The van der Waals surface area contributed by atoms with E-state index in [-0.39, 0.29) is 33.9 Å². The van der Waals surface area contributed by atoms with Crippen molar-refractivity contribution >= 4 is 11.6 Å². The Morgan fingerprint density at radius 3 is 2.42 bits per heavy atom. The minimum Gasteiger partial charge on any atom is -0.338 e. The molecule has 1 saturated carbocycles. The number of carbonyl (C=O) groups excluding carboxylic acids is 1. The third-order valence-corrected chi connectivity index (χ3v) is 8.16. The standard InChI is InChI=1S/C28H37F2N5O/c1-9-35(26(36)24-18(3)32-33-19(24)4)16-28(7)14-13-20(27(28,5)6)17(2)15-23(34-31-8)25-21(29)11-10-12-22(25)30/h10-12,15,20H,2,9,13-14,16H2,1,3-8H3,(H,32,33)/b23-15-,34-31-/t20-,28-/m0/s1. The molecule has 6 nitrogen and oxygen atoms in total. The molecule has 0 saturated heterocycles. The molecule has 1 heterocycles. The Morgan fingerprint density at radius 1 is 1.25 bits per heavy atom. The van der Waals surface area contributed by atoms with Crippen LogP contribution in [0.25, 0.3) is 5.70 Å². The van der Waals surface area contributed by atoms with Gasteiger partial charge in [0.05, 0.1) is 22.5 Å². The number of aromatic nitrogens is 2. The number of azo groups is 1. The van der Waals surface area contributed by atoms with E-state index in [1.807, 2.05) is 25.7 Å². The second kappa shape index (κ2) is 10.4. The molecular weight excluding hydrogens is 460 g/mol. The zero-order valence-corrected chi connectivity index (χ0v) is 22.4. The molecule has 36 heavy (non-hydrogen) atoms. The predicted octanol–water partition coefficient (Wildman–Crippen LogP) is 6.89. The number of aryl methyl sites for hydroxylation is 2. The Hall–Kier alpha value is -3.16. The molecule has 194 valence electrons. The molecule has 0 bridgehead atoms. The van der Waals surface area contributed by atoms with Gasteiger partial charge in [-0.3, -0.25) is 9.89 Å². The van der Waals surface area contributed by atoms with E-state index in [2.05, 4.69) is 47.8 Å². The van der Waals surface area contributed by atoms with Gasteiger partial charge in [-0.1, -0.05) is 33.4 Å². The van der Waals surface area contributed by atoms with Crippen LogP contribution in [-0.2, 0) is 0 Å². The largest absolute Gasteiger partial charge is 0.338 e. The molecule has 1 amide bonds. The lowest BCUT2D eigenvalue weighted by Gasteiger charge is -2.45. The van der Waals surface area contributed by atoms with Crippen molar-refractivity contribution in [3.8, 4) is 0 Å². The number of rotatable bonds is 8. The molecule has 0 radical (unpaired) electrons. The normalized spacial score (nSPS) is 21.8. The van der Waals surface area contributed by atoms with Gasteiger partial charge < -0.3 is 4.90 Å². The first-order valence-corrected chi connectivity index (χ1v) is 12.3. The summed E-state index contributed by atoms with van der Waals surface area (Å²) in [5.41, 5.74) is 2.27. The summed E-state index contributed by atoms with van der Waals surface area (Å²) in [6.07, 6.45) is 3.36. The maximum atomic E-state index is 14.5. The van der Waals surface area contributed by atoms with Crippen LogP contribution in [0.4, 0.5) is 8.78 Å². The van der Waals surface area contributed by atoms with Gasteiger partial charge in [-0.25, -0.2) is 8.78 Å². The van der Waals surface area contributed by atoms with Crippen molar-refractivity contribution in [2.24, 2.45) is 27.0 Å². The molecule has 1 aliphatic carbocycles. The van der Waals surface area contributed by atoms with Crippen LogP contribution in [0.5, 0.6) is 0 Å². The van der Waals surface area contributed by atoms with Crippen LogP contribution >= 0.6 is 0 Å². The lowest BCUT2D eigenvalue weighted by atomic mass is 9.64. The SMILES string of the molecule is C=C(/C=C(\N=N/C)c1c(F)cccc1F)[C@@H]1CC[C@@](C)(CN(CC)C(=O)c2c(C)n[nH]c2C)C1(C)C. The number of nitrogens with one attached hydrogen (secondary N) is 1. The third kappa shape index (κ3) is 4.90. The maximum Gasteiger partial charge on any atom is 0.257 e. The van der Waals surface area contributed by atoms with Crippen LogP contribution in [0.1, 0.15) is 67.8 Å². The Balaban J connectivity index is 1.90. The topological polar surface area (TPSA) is 73.7 Å². The molecule has 1 aliphatic rings. The summed E-state index contributed by atoms with van der Waals surface area (Å²) in [5.74, 6) is -1.38. The smallest absolute Gasteiger partial charge is 0.257 e. The molecular formula is C28H37F2N5O. The van der Waals surface area contributed by atoms with Gasteiger partial charge >= 0.3 is 0 Å². The van der Waals surface area contributed by atoms with E-state index in [9.17, 15) is 13.6 Å². The highest BCUT2D eigenvalue weighted by atomic mass is 19.1. The van der Waals surface area contributed by atoms with Gasteiger partial charge in [-0.2, -0.15) is 15.3 Å². The van der Waals surface area contributed by atoms with E-state index in [1.54, 1.807) is 6.08 Å². The zero-order chi connectivity index (χ0) is 26.8. The molecule has 0 spiro atoms. The number of allylic oxidation sites excluding steroid dienone is 2. The van der Waals surface area contributed by atoms with Crippen molar-refractivity contribution in [3.05, 3.63) is 70.6 Å². The summed E-state index contributed by atoms with van der Waals surface area (Å²) in [6, 6.07) is 3.73. The number of hydrogen-bond donors (Lipinski definition) is 1. The summed E-state index contributed by atoms with van der Waals surface area (Å²) in [7, 11) is 1.46. The molecule has 1 fully saturated rings. The monoisotopic (exact) mass is 497 g/mol. The van der Waals surface area contributed by atoms with Gasteiger partial charge in [-0.05, 0) is 74.1 Å². The van der Waals surface area contributed by atoms with Crippen molar-refractivity contribution in [2.75, 3.05) is 20.1 Å². The molecule has 0 aliphatic heterocycles. The van der Waals surface area contributed by atoms with Gasteiger partial charge in [0.1, 0.15) is 11.6 Å². The van der Waals surface area contributed by atoms with Crippen LogP contribution < -0.4 is 0 Å². The molecule has 1 N–H and O–H groups in total. The molecule has 3 rings (SSSR count). The summed E-state index contributed by atoms with van der Waals surface area (Å²) in [5, 5.41) is 14.9. The maximum absolute atomic E-state index is 14.5. The number of halogens is 2. The highest BCUT2D eigenvalue weighted by Gasteiger charge is 2.52. The van der Waals surface area contributed by atoms with Crippen LogP contribution in [-0.4, -0.2) is 41.1 Å². The lowest BCUT2D eigenvalue weighted by molar-refractivity contribution is 0.0420. The van der Waals surface area contributed by atoms with Crippen molar-refractivity contribution < 1.29 is 13.6 Å². The van der Waals surface area contributed by atoms with Gasteiger partial charge in [-0.15, -0.1) is 0 Å². The van der Waals surface area contributed by atoms with Crippen LogP contribution in [0, 0.1) is 42.2 Å². The zero-order valence-electron chi connectivity index (χ0n) is 22.4. The van der Waals surface area contributed by atoms with E-state index in [1.165, 1.54) is 25.2 Å².